The molecule has 28 heavy (non-hydrogen) atoms. The smallest absolute Gasteiger partial charge is 0.312 e. The minimum atomic E-state index is -0.486. The van der Waals surface area contributed by atoms with Gasteiger partial charge in [-0.2, -0.15) is 0 Å². The lowest BCUT2D eigenvalue weighted by Gasteiger charge is -2.36. The molecule has 1 aromatic rings. The van der Waals surface area contributed by atoms with Crippen LogP contribution in [-0.4, -0.2) is 91.5 Å². The fraction of sp³-hybridized carbons (Fsp3) is 0.550. The topological polar surface area (TPSA) is 79.4 Å². The van der Waals surface area contributed by atoms with Gasteiger partial charge in [-0.3, -0.25) is 14.4 Å². The number of carbonyl (C=O) groups excluding carboxylic acids is 3. The lowest BCUT2D eigenvalue weighted by atomic mass is 10.1. The summed E-state index contributed by atoms with van der Waals surface area (Å²) in [5.41, 5.74) is 0.925. The minimum absolute atomic E-state index is 0.0239. The third-order valence-electron chi connectivity index (χ3n) is 4.99. The normalized spacial score (nSPS) is 17.4. The molecule has 0 unspecified atom stereocenters. The molecule has 2 fully saturated rings. The number of hydrogen-bond donors (Lipinski definition) is 0. The standard InChI is InChI=1S/C20H27N3O5/c1-2-28-17-5-3-16(4-6-17)15-18(24)21-7-9-22(10-8-21)19(25)20(26)23-11-13-27-14-12-23/h3-6H,2,7-15H2,1H3. The van der Waals surface area contributed by atoms with Crippen molar-refractivity contribution in [3.63, 3.8) is 0 Å². The zero-order valence-electron chi connectivity index (χ0n) is 16.3. The first-order valence-electron chi connectivity index (χ1n) is 9.74. The van der Waals surface area contributed by atoms with E-state index in [1.54, 1.807) is 9.80 Å². The quantitative estimate of drug-likeness (QED) is 0.686. The van der Waals surface area contributed by atoms with E-state index in [2.05, 4.69) is 0 Å². The van der Waals surface area contributed by atoms with Crippen molar-refractivity contribution in [2.45, 2.75) is 13.3 Å². The van der Waals surface area contributed by atoms with Gasteiger partial charge in [0.1, 0.15) is 5.75 Å². The van der Waals surface area contributed by atoms with E-state index in [0.29, 0.717) is 65.5 Å². The Kier molecular flexibility index (Phi) is 6.86. The summed E-state index contributed by atoms with van der Waals surface area (Å²) in [7, 11) is 0. The molecule has 8 nitrogen and oxygen atoms in total. The molecule has 1 aromatic carbocycles. The Balaban J connectivity index is 1.46. The molecule has 3 amide bonds. The summed E-state index contributed by atoms with van der Waals surface area (Å²) in [4.78, 5) is 42.1. The third kappa shape index (κ3) is 5.01. The molecule has 0 atom stereocenters. The van der Waals surface area contributed by atoms with Crippen molar-refractivity contribution < 1.29 is 23.9 Å². The summed E-state index contributed by atoms with van der Waals surface area (Å²) in [5.74, 6) is -0.149. The molecule has 0 N–H and O–H groups in total. The number of nitrogens with zero attached hydrogens (tertiary/aromatic N) is 3. The van der Waals surface area contributed by atoms with Crippen molar-refractivity contribution in [2.24, 2.45) is 0 Å². The van der Waals surface area contributed by atoms with E-state index < -0.39 is 11.8 Å². The zero-order valence-corrected chi connectivity index (χ0v) is 16.3. The molecule has 0 bridgehead atoms. The summed E-state index contributed by atoms with van der Waals surface area (Å²) in [5, 5.41) is 0. The molecule has 2 aliphatic heterocycles. The molecule has 0 spiro atoms. The van der Waals surface area contributed by atoms with Gasteiger partial charge in [-0.25, -0.2) is 0 Å². The van der Waals surface area contributed by atoms with Crippen LogP contribution in [0.2, 0.25) is 0 Å². The van der Waals surface area contributed by atoms with Crippen LogP contribution >= 0.6 is 0 Å². The molecule has 0 aliphatic carbocycles. The maximum Gasteiger partial charge on any atom is 0.312 e. The highest BCUT2D eigenvalue weighted by molar-refractivity contribution is 6.34. The monoisotopic (exact) mass is 389 g/mol. The van der Waals surface area contributed by atoms with Crippen molar-refractivity contribution in [3.8, 4) is 5.75 Å². The Bertz CT molecular complexity index is 692. The van der Waals surface area contributed by atoms with E-state index in [0.717, 1.165) is 11.3 Å². The fourth-order valence-corrected chi connectivity index (χ4v) is 3.35. The number of rotatable bonds is 4. The van der Waals surface area contributed by atoms with E-state index in [-0.39, 0.29) is 5.91 Å². The van der Waals surface area contributed by atoms with Gasteiger partial charge in [0.05, 0.1) is 26.2 Å². The fourth-order valence-electron chi connectivity index (χ4n) is 3.35. The predicted octanol–water partition coefficient (Wildman–Crippen LogP) is 0.157. The van der Waals surface area contributed by atoms with Gasteiger partial charge in [0, 0.05) is 39.3 Å². The molecule has 152 valence electrons. The van der Waals surface area contributed by atoms with E-state index >= 15 is 0 Å². The van der Waals surface area contributed by atoms with Crippen LogP contribution in [0.15, 0.2) is 24.3 Å². The first kappa shape index (κ1) is 20.1. The molecule has 2 aliphatic rings. The maximum absolute atomic E-state index is 12.5. The number of benzene rings is 1. The molecule has 0 radical (unpaired) electrons. The second-order valence-corrected chi connectivity index (χ2v) is 6.83. The van der Waals surface area contributed by atoms with Crippen LogP contribution in [0.25, 0.3) is 0 Å². The minimum Gasteiger partial charge on any atom is -0.494 e. The number of piperazine rings is 1. The summed E-state index contributed by atoms with van der Waals surface area (Å²) >= 11 is 0. The number of ether oxygens (including phenoxy) is 2. The van der Waals surface area contributed by atoms with Crippen molar-refractivity contribution in [3.05, 3.63) is 29.8 Å². The van der Waals surface area contributed by atoms with E-state index in [1.165, 1.54) is 4.90 Å². The first-order valence-corrected chi connectivity index (χ1v) is 9.74. The number of hydrogen-bond acceptors (Lipinski definition) is 5. The number of morpholine rings is 1. The van der Waals surface area contributed by atoms with Crippen molar-refractivity contribution in [1.82, 2.24) is 14.7 Å². The summed E-state index contributed by atoms with van der Waals surface area (Å²) in [6.45, 7) is 6.01. The number of amides is 3. The van der Waals surface area contributed by atoms with Gasteiger partial charge < -0.3 is 24.2 Å². The van der Waals surface area contributed by atoms with Crippen LogP contribution in [0.5, 0.6) is 5.75 Å². The lowest BCUT2D eigenvalue weighted by Crippen LogP contribution is -2.55. The Morgan fingerprint density at radius 2 is 1.39 bits per heavy atom. The van der Waals surface area contributed by atoms with Gasteiger partial charge in [0.2, 0.25) is 5.91 Å². The van der Waals surface area contributed by atoms with Crippen molar-refractivity contribution in [2.75, 3.05) is 59.1 Å². The number of carbonyl (C=O) groups is 3. The Hall–Kier alpha value is -2.61. The SMILES string of the molecule is CCOc1ccc(CC(=O)N2CCN(C(=O)C(=O)N3CCOCC3)CC2)cc1. The molecule has 0 saturated carbocycles. The van der Waals surface area contributed by atoms with E-state index in [4.69, 9.17) is 9.47 Å². The van der Waals surface area contributed by atoms with Crippen LogP contribution in [0, 0.1) is 0 Å². The second kappa shape index (κ2) is 9.54. The summed E-state index contributed by atoms with van der Waals surface area (Å²) < 4.78 is 10.6. The van der Waals surface area contributed by atoms with Gasteiger partial charge in [0.15, 0.2) is 0 Å². The maximum atomic E-state index is 12.5. The average Bonchev–Trinajstić information content (AvgIpc) is 2.75. The van der Waals surface area contributed by atoms with Crippen LogP contribution in [0.4, 0.5) is 0 Å². The zero-order chi connectivity index (χ0) is 19.9. The molecule has 3 rings (SSSR count). The molecular weight excluding hydrogens is 362 g/mol. The largest absolute Gasteiger partial charge is 0.494 e. The van der Waals surface area contributed by atoms with Crippen LogP contribution < -0.4 is 4.74 Å². The highest BCUT2D eigenvalue weighted by atomic mass is 16.5. The van der Waals surface area contributed by atoms with Gasteiger partial charge in [0.25, 0.3) is 0 Å². The lowest BCUT2D eigenvalue weighted by molar-refractivity contribution is -0.155. The van der Waals surface area contributed by atoms with Crippen LogP contribution in [-0.2, 0) is 25.5 Å². The molecular formula is C20H27N3O5. The highest BCUT2D eigenvalue weighted by Crippen LogP contribution is 2.14. The van der Waals surface area contributed by atoms with Gasteiger partial charge in [-0.15, -0.1) is 0 Å². The third-order valence-corrected chi connectivity index (χ3v) is 4.99. The van der Waals surface area contributed by atoms with E-state index in [1.807, 2.05) is 31.2 Å². The van der Waals surface area contributed by atoms with Crippen LogP contribution in [0.1, 0.15) is 12.5 Å². The van der Waals surface area contributed by atoms with Gasteiger partial charge in [-0.05, 0) is 24.6 Å². The second-order valence-electron chi connectivity index (χ2n) is 6.83. The molecule has 2 saturated heterocycles. The first-order chi connectivity index (χ1) is 13.6. The van der Waals surface area contributed by atoms with E-state index in [9.17, 15) is 14.4 Å². The van der Waals surface area contributed by atoms with Gasteiger partial charge in [-0.1, -0.05) is 12.1 Å². The Labute approximate surface area is 165 Å². The highest BCUT2D eigenvalue weighted by Gasteiger charge is 2.31. The Morgan fingerprint density at radius 3 is 1.96 bits per heavy atom. The summed E-state index contributed by atoms with van der Waals surface area (Å²) in [6, 6.07) is 7.51. The van der Waals surface area contributed by atoms with Crippen molar-refractivity contribution >= 4 is 17.7 Å². The average molecular weight is 389 g/mol. The predicted molar refractivity (Wildman–Crippen MR) is 102 cm³/mol. The molecule has 8 heteroatoms. The molecule has 0 aromatic heterocycles. The van der Waals surface area contributed by atoms with Crippen LogP contribution in [0.3, 0.4) is 0 Å². The summed E-state index contributed by atoms with van der Waals surface area (Å²) in [6.07, 6.45) is 0.313. The van der Waals surface area contributed by atoms with Crippen molar-refractivity contribution in [1.29, 1.82) is 0 Å². The van der Waals surface area contributed by atoms with Gasteiger partial charge >= 0.3 is 11.8 Å². The Morgan fingerprint density at radius 1 is 0.857 bits per heavy atom. The molecule has 2 heterocycles.